The van der Waals surface area contributed by atoms with Crippen LogP contribution in [0.3, 0.4) is 0 Å². The van der Waals surface area contributed by atoms with Crippen molar-refractivity contribution in [3.63, 3.8) is 0 Å². The second kappa shape index (κ2) is 7.71. The van der Waals surface area contributed by atoms with Crippen LogP contribution in [0, 0.1) is 11.3 Å². The summed E-state index contributed by atoms with van der Waals surface area (Å²) in [6.45, 7) is 6.25. The molecule has 2 rings (SSSR count). The minimum absolute atomic E-state index is 0.0486. The highest BCUT2D eigenvalue weighted by atomic mass is 127. The molecule has 2 amide bonds. The van der Waals surface area contributed by atoms with Gasteiger partial charge in [0.1, 0.15) is 6.04 Å². The first-order valence-corrected chi connectivity index (χ1v) is 10.1. The molecule has 1 saturated carbocycles. The fraction of sp³-hybridized carbons (Fsp3) is 0.833. The van der Waals surface area contributed by atoms with Gasteiger partial charge < -0.3 is 15.3 Å². The molecule has 0 bridgehead atoms. The molecule has 0 radical (unpaired) electrons. The average Bonchev–Trinajstić information content (AvgIpc) is 3.23. The Morgan fingerprint density at radius 1 is 1.31 bits per heavy atom. The third kappa shape index (κ3) is 4.39. The van der Waals surface area contributed by atoms with Crippen molar-refractivity contribution in [2.45, 2.75) is 57.7 Å². The number of nitrogens with one attached hydrogen (secondary N) is 1. The molecule has 2 aliphatic rings. The van der Waals surface area contributed by atoms with Crippen LogP contribution in [0.5, 0.6) is 0 Å². The molecule has 1 aliphatic carbocycles. The minimum Gasteiger partial charge on any atom is -0.391 e. The maximum Gasteiger partial charge on any atom is 0.240 e. The molecule has 1 aliphatic heterocycles. The standard InChI is InChI=1S/C18H30IN3O4/c1-17(2,3)12(9-20-16(26)18(6-7-18)21(4)5)15(25)22-10-11(23)8-13(22)14(19)24/h11-13,23H,6-10H2,1-5H3,(H,20,26)/t11-,12?,13+/m1/s1. The number of rotatable bonds is 6. The van der Waals surface area contributed by atoms with Crippen molar-refractivity contribution in [1.29, 1.82) is 0 Å². The number of likely N-dealkylation sites (N-methyl/N-ethyl adjacent to an activating group) is 1. The van der Waals surface area contributed by atoms with Crippen LogP contribution in [0.15, 0.2) is 0 Å². The van der Waals surface area contributed by atoms with Gasteiger partial charge in [-0.25, -0.2) is 0 Å². The number of aliphatic hydroxyl groups is 1. The fourth-order valence-corrected chi connectivity index (χ4v) is 4.18. The summed E-state index contributed by atoms with van der Waals surface area (Å²) in [5.41, 5.74) is -0.832. The van der Waals surface area contributed by atoms with Gasteiger partial charge in [-0.05, 0) is 32.4 Å². The van der Waals surface area contributed by atoms with E-state index < -0.39 is 23.6 Å². The van der Waals surface area contributed by atoms with Crippen molar-refractivity contribution in [3.05, 3.63) is 0 Å². The summed E-state index contributed by atoms with van der Waals surface area (Å²) < 4.78 is -0.145. The van der Waals surface area contributed by atoms with Gasteiger partial charge in [0.25, 0.3) is 0 Å². The Kier molecular flexibility index (Phi) is 6.39. The molecule has 1 saturated heterocycles. The smallest absolute Gasteiger partial charge is 0.240 e. The van der Waals surface area contributed by atoms with Gasteiger partial charge in [-0.15, -0.1) is 0 Å². The van der Waals surface area contributed by atoms with E-state index in [2.05, 4.69) is 5.32 Å². The average molecular weight is 479 g/mol. The predicted octanol–water partition coefficient (Wildman–Crippen LogP) is 0.783. The van der Waals surface area contributed by atoms with Crippen LogP contribution in [0.25, 0.3) is 0 Å². The van der Waals surface area contributed by atoms with Crippen LogP contribution in [0.4, 0.5) is 0 Å². The van der Waals surface area contributed by atoms with Gasteiger partial charge in [0, 0.05) is 42.1 Å². The van der Waals surface area contributed by atoms with Gasteiger partial charge in [-0.3, -0.25) is 19.3 Å². The minimum atomic E-state index is -0.679. The van der Waals surface area contributed by atoms with Gasteiger partial charge in [0.15, 0.2) is 0 Å². The maximum absolute atomic E-state index is 13.2. The number of likely N-dealkylation sites (tertiary alicyclic amines) is 1. The number of β-amino-alcohol motifs (C(OH)–C–C–N with tert-alkyl or cyclic N) is 1. The van der Waals surface area contributed by atoms with Gasteiger partial charge in [-0.2, -0.15) is 0 Å². The Balaban J connectivity index is 2.11. The monoisotopic (exact) mass is 479 g/mol. The van der Waals surface area contributed by atoms with Gasteiger partial charge in [-0.1, -0.05) is 20.8 Å². The van der Waals surface area contributed by atoms with Crippen molar-refractivity contribution < 1.29 is 19.5 Å². The molecule has 0 aromatic rings. The summed E-state index contributed by atoms with van der Waals surface area (Å²) in [6, 6.07) is -0.588. The highest BCUT2D eigenvalue weighted by molar-refractivity contribution is 14.1. The molecule has 2 fully saturated rings. The van der Waals surface area contributed by atoms with Crippen molar-refractivity contribution in [2.75, 3.05) is 27.2 Å². The van der Waals surface area contributed by atoms with Crippen molar-refractivity contribution in [1.82, 2.24) is 15.1 Å². The first-order chi connectivity index (χ1) is 11.9. The topological polar surface area (TPSA) is 90.0 Å². The number of amides is 2. The largest absolute Gasteiger partial charge is 0.391 e. The molecule has 0 aromatic carbocycles. The molecule has 2 N–H and O–H groups in total. The number of carbonyl (C=O) groups excluding carboxylic acids is 3. The predicted molar refractivity (Wildman–Crippen MR) is 107 cm³/mol. The van der Waals surface area contributed by atoms with E-state index in [1.165, 1.54) is 4.90 Å². The highest BCUT2D eigenvalue weighted by Crippen LogP contribution is 2.40. The zero-order valence-electron chi connectivity index (χ0n) is 16.2. The van der Waals surface area contributed by atoms with Crippen LogP contribution in [0.1, 0.15) is 40.0 Å². The summed E-state index contributed by atoms with van der Waals surface area (Å²) >= 11 is 1.69. The van der Waals surface area contributed by atoms with Gasteiger partial charge >= 0.3 is 0 Å². The highest BCUT2D eigenvalue weighted by Gasteiger charge is 2.52. The van der Waals surface area contributed by atoms with Crippen LogP contribution in [-0.4, -0.2) is 75.4 Å². The molecule has 0 aromatic heterocycles. The van der Waals surface area contributed by atoms with Crippen molar-refractivity contribution >= 4 is 38.2 Å². The molecule has 26 heavy (non-hydrogen) atoms. The third-order valence-electron chi connectivity index (χ3n) is 5.64. The molecule has 1 unspecified atom stereocenters. The number of halogens is 1. The molecular weight excluding hydrogens is 449 g/mol. The molecular formula is C18H30IN3O4. The molecule has 148 valence electrons. The number of carbonyl (C=O) groups is 3. The van der Waals surface area contributed by atoms with E-state index in [1.54, 1.807) is 22.6 Å². The van der Waals surface area contributed by atoms with Gasteiger partial charge in [0.05, 0.1) is 17.6 Å². The lowest BCUT2D eigenvalue weighted by atomic mass is 9.79. The maximum atomic E-state index is 13.2. The lowest BCUT2D eigenvalue weighted by Gasteiger charge is -2.35. The summed E-state index contributed by atoms with van der Waals surface area (Å²) in [7, 11) is 3.78. The molecule has 8 heteroatoms. The van der Waals surface area contributed by atoms with E-state index in [4.69, 9.17) is 0 Å². The Hall–Kier alpha value is -0.740. The second-order valence-electron chi connectivity index (χ2n) is 8.75. The Labute approximate surface area is 169 Å². The normalized spacial score (nSPS) is 25.9. The first-order valence-electron chi connectivity index (χ1n) is 9.04. The third-order valence-corrected chi connectivity index (χ3v) is 6.36. The fourth-order valence-electron chi connectivity index (χ4n) is 3.59. The SMILES string of the molecule is CN(C)C1(C(=O)NCC(C(=O)N2C[C@H](O)C[C@H]2C(=O)I)C(C)(C)C)CC1. The molecule has 3 atom stereocenters. The second-order valence-corrected chi connectivity index (χ2v) is 9.82. The van der Waals surface area contributed by atoms with Crippen molar-refractivity contribution in [2.24, 2.45) is 11.3 Å². The summed E-state index contributed by atoms with van der Waals surface area (Å²) in [4.78, 5) is 41.0. The van der Waals surface area contributed by atoms with Crippen LogP contribution in [-0.2, 0) is 14.4 Å². The molecule has 7 nitrogen and oxygen atoms in total. The van der Waals surface area contributed by atoms with E-state index in [0.29, 0.717) is 0 Å². The summed E-state index contributed by atoms with van der Waals surface area (Å²) in [5, 5.41) is 12.9. The Morgan fingerprint density at radius 3 is 2.31 bits per heavy atom. The van der Waals surface area contributed by atoms with E-state index in [-0.39, 0.29) is 40.5 Å². The van der Waals surface area contributed by atoms with Crippen LogP contribution >= 0.6 is 22.6 Å². The quantitative estimate of drug-likeness (QED) is 0.434. The van der Waals surface area contributed by atoms with E-state index in [0.717, 1.165) is 12.8 Å². The number of hydrogen-bond donors (Lipinski definition) is 2. The van der Waals surface area contributed by atoms with Crippen LogP contribution < -0.4 is 5.32 Å². The summed E-state index contributed by atoms with van der Waals surface area (Å²) in [6.07, 6.45) is 1.25. The van der Waals surface area contributed by atoms with Gasteiger partial charge in [0.2, 0.25) is 15.6 Å². The number of nitrogens with zero attached hydrogens (tertiary/aromatic N) is 2. The van der Waals surface area contributed by atoms with E-state index in [1.807, 2.05) is 39.8 Å². The van der Waals surface area contributed by atoms with E-state index in [9.17, 15) is 19.5 Å². The lowest BCUT2D eigenvalue weighted by molar-refractivity contribution is -0.142. The zero-order valence-corrected chi connectivity index (χ0v) is 18.4. The zero-order chi connectivity index (χ0) is 19.9. The molecule has 0 spiro atoms. The number of aliphatic hydroxyl groups excluding tert-OH is 1. The Bertz CT molecular complexity index is 583. The first kappa shape index (κ1) is 21.6. The summed E-state index contributed by atoms with van der Waals surface area (Å²) in [5.74, 6) is -0.695. The number of hydrogen-bond acceptors (Lipinski definition) is 5. The lowest BCUT2D eigenvalue weighted by Crippen LogP contribution is -2.52. The Morgan fingerprint density at radius 2 is 1.88 bits per heavy atom. The van der Waals surface area contributed by atoms with Crippen LogP contribution in [0.2, 0.25) is 0 Å². The van der Waals surface area contributed by atoms with E-state index >= 15 is 0 Å². The van der Waals surface area contributed by atoms with Crippen molar-refractivity contribution in [3.8, 4) is 0 Å². The molecule has 1 heterocycles.